The van der Waals surface area contributed by atoms with Crippen LogP contribution in [-0.2, 0) is 28.6 Å². The van der Waals surface area contributed by atoms with E-state index in [0.29, 0.717) is 19.3 Å². The highest BCUT2D eigenvalue weighted by molar-refractivity contribution is 5.71. The van der Waals surface area contributed by atoms with Crippen LogP contribution in [0.4, 0.5) is 0 Å². The first-order valence-electron chi connectivity index (χ1n) is 29.7. The van der Waals surface area contributed by atoms with E-state index in [0.717, 1.165) is 148 Å². The van der Waals surface area contributed by atoms with Crippen LogP contribution in [0.25, 0.3) is 0 Å². The van der Waals surface area contributed by atoms with Gasteiger partial charge in [-0.1, -0.05) is 244 Å². The third kappa shape index (κ3) is 58.3. The van der Waals surface area contributed by atoms with Crippen molar-refractivity contribution in [2.24, 2.45) is 0 Å². The Balaban J connectivity index is 4.20. The molecule has 0 aliphatic rings. The molecule has 0 aromatic heterocycles. The second-order valence-electron chi connectivity index (χ2n) is 19.2. The third-order valence-electron chi connectivity index (χ3n) is 12.1. The SMILES string of the molecule is CC/C=C\C/C=C\C/C=C\C/C=C\C/C=C\C/C=C\C/C=C\C/C=C\C/C=C\C/C=C\CCCCCCC(=O)OCC(COC(=O)CCCCCCCCCC)OC(=O)CCCCCCC/C=C\CCCCC. The Bertz CT molecular complexity index is 1580. The molecule has 0 aromatic carbocycles. The highest BCUT2D eigenvalue weighted by Crippen LogP contribution is 2.13. The lowest BCUT2D eigenvalue weighted by Gasteiger charge is -2.18. The smallest absolute Gasteiger partial charge is 0.306 e. The average Bonchev–Trinajstić information content (AvgIpc) is 3.39. The zero-order valence-corrected chi connectivity index (χ0v) is 47.1. The zero-order chi connectivity index (χ0) is 52.9. The van der Waals surface area contributed by atoms with Gasteiger partial charge in [-0.3, -0.25) is 14.4 Å². The van der Waals surface area contributed by atoms with Gasteiger partial charge in [0, 0.05) is 19.3 Å². The highest BCUT2D eigenvalue weighted by atomic mass is 16.6. The summed E-state index contributed by atoms with van der Waals surface area (Å²) in [4.78, 5) is 37.9. The van der Waals surface area contributed by atoms with Crippen LogP contribution in [0.1, 0.15) is 252 Å². The van der Waals surface area contributed by atoms with Crippen LogP contribution in [0.2, 0.25) is 0 Å². The number of rotatable bonds is 52. The monoisotopic (exact) mass is 1010 g/mol. The molecule has 0 aromatic rings. The van der Waals surface area contributed by atoms with Crippen molar-refractivity contribution in [1.82, 2.24) is 0 Å². The second-order valence-corrected chi connectivity index (χ2v) is 19.2. The summed E-state index contributed by atoms with van der Waals surface area (Å²) in [6, 6.07) is 0. The van der Waals surface area contributed by atoms with Gasteiger partial charge in [0.1, 0.15) is 13.2 Å². The van der Waals surface area contributed by atoms with Crippen LogP contribution in [0.5, 0.6) is 0 Å². The Morgan fingerprint density at radius 1 is 0.288 bits per heavy atom. The van der Waals surface area contributed by atoms with Crippen molar-refractivity contribution in [1.29, 1.82) is 0 Å². The molecule has 1 unspecified atom stereocenters. The second kappa shape index (κ2) is 60.1. The van der Waals surface area contributed by atoms with Gasteiger partial charge in [0.15, 0.2) is 6.10 Å². The molecule has 0 fully saturated rings. The van der Waals surface area contributed by atoms with E-state index in [1.54, 1.807) is 0 Å². The van der Waals surface area contributed by atoms with E-state index in [1.807, 2.05) is 0 Å². The summed E-state index contributed by atoms with van der Waals surface area (Å²) in [7, 11) is 0. The van der Waals surface area contributed by atoms with Crippen molar-refractivity contribution >= 4 is 17.9 Å². The zero-order valence-electron chi connectivity index (χ0n) is 47.1. The molecule has 0 spiro atoms. The van der Waals surface area contributed by atoms with E-state index in [-0.39, 0.29) is 31.1 Å². The van der Waals surface area contributed by atoms with Gasteiger partial charge in [0.05, 0.1) is 0 Å². The Labute approximate surface area is 449 Å². The Kier molecular flexibility index (Phi) is 56.4. The predicted molar refractivity (Wildman–Crippen MR) is 316 cm³/mol. The summed E-state index contributed by atoms with van der Waals surface area (Å²) in [5.74, 6) is -0.936. The summed E-state index contributed by atoms with van der Waals surface area (Å²) < 4.78 is 16.7. The van der Waals surface area contributed by atoms with Crippen LogP contribution in [-0.4, -0.2) is 37.2 Å². The van der Waals surface area contributed by atoms with Crippen molar-refractivity contribution in [3.8, 4) is 0 Å². The molecule has 0 aliphatic heterocycles. The molecule has 6 heteroatoms. The number of ether oxygens (including phenoxy) is 3. The first-order valence-corrected chi connectivity index (χ1v) is 29.7. The number of esters is 3. The van der Waals surface area contributed by atoms with E-state index >= 15 is 0 Å². The van der Waals surface area contributed by atoms with E-state index in [2.05, 4.69) is 154 Å². The molecular formula is C67H108O6. The van der Waals surface area contributed by atoms with Crippen molar-refractivity contribution in [2.75, 3.05) is 13.2 Å². The first kappa shape index (κ1) is 68.6. The van der Waals surface area contributed by atoms with Crippen molar-refractivity contribution < 1.29 is 28.6 Å². The standard InChI is InChI=1S/C67H108O6/c1-4-7-10-13-16-19-21-23-24-25-26-27-28-29-30-31-32-33-34-35-36-37-38-39-40-41-42-43-44-45-47-48-51-54-57-60-66(69)72-63-64(62-71-65(68)59-56-53-50-18-15-12-9-6-3)73-67(70)61-58-55-52-49-46-22-20-17-14-11-8-5-2/h7,10,16-17,19-20,23-24,26-27,29-30,32-33,35-36,38-39,41-42,44-45,64H,4-6,8-9,11-15,18,21-22,25,28,31,34,37,40,43,46-63H2,1-3H3/b10-7-,19-16-,20-17-,24-23-,27-26-,30-29-,33-32-,36-35-,39-38-,42-41-,45-44-. The molecular weight excluding hydrogens is 901 g/mol. The predicted octanol–water partition coefficient (Wildman–Crippen LogP) is 20.2. The Morgan fingerprint density at radius 2 is 0.534 bits per heavy atom. The van der Waals surface area contributed by atoms with Gasteiger partial charge in [-0.2, -0.15) is 0 Å². The molecule has 0 rings (SSSR count). The normalized spacial score (nSPS) is 13.1. The van der Waals surface area contributed by atoms with Crippen LogP contribution < -0.4 is 0 Å². The fourth-order valence-electron chi connectivity index (χ4n) is 7.70. The van der Waals surface area contributed by atoms with Gasteiger partial charge in [0.25, 0.3) is 0 Å². The Hall–Kier alpha value is -4.45. The van der Waals surface area contributed by atoms with Crippen molar-refractivity contribution in [3.63, 3.8) is 0 Å². The minimum Gasteiger partial charge on any atom is -0.462 e. The maximum absolute atomic E-state index is 12.8. The maximum atomic E-state index is 12.8. The maximum Gasteiger partial charge on any atom is 0.306 e. The van der Waals surface area contributed by atoms with Crippen LogP contribution in [0, 0.1) is 0 Å². The summed E-state index contributed by atoms with van der Waals surface area (Å²) in [6.07, 6.45) is 84.7. The van der Waals surface area contributed by atoms with Gasteiger partial charge < -0.3 is 14.2 Å². The van der Waals surface area contributed by atoms with Crippen LogP contribution in [0.3, 0.4) is 0 Å². The molecule has 0 amide bonds. The number of allylic oxidation sites excluding steroid dienone is 22. The van der Waals surface area contributed by atoms with E-state index in [9.17, 15) is 14.4 Å². The summed E-state index contributed by atoms with van der Waals surface area (Å²) in [6.45, 7) is 6.43. The number of hydrogen-bond acceptors (Lipinski definition) is 6. The quantitative estimate of drug-likeness (QED) is 0.0261. The molecule has 412 valence electrons. The first-order chi connectivity index (χ1) is 36.0. The lowest BCUT2D eigenvalue weighted by molar-refractivity contribution is -0.167. The molecule has 73 heavy (non-hydrogen) atoms. The molecule has 0 N–H and O–H groups in total. The minimum atomic E-state index is -0.792. The van der Waals surface area contributed by atoms with E-state index in [1.165, 1.54) is 64.2 Å². The molecule has 6 nitrogen and oxygen atoms in total. The number of carbonyl (C=O) groups excluding carboxylic acids is 3. The number of hydrogen-bond donors (Lipinski definition) is 0. The fraction of sp³-hybridized carbons (Fsp3) is 0.627. The Morgan fingerprint density at radius 3 is 0.877 bits per heavy atom. The number of carbonyl (C=O) groups is 3. The van der Waals surface area contributed by atoms with Gasteiger partial charge in [-0.15, -0.1) is 0 Å². The van der Waals surface area contributed by atoms with Crippen molar-refractivity contribution in [3.05, 3.63) is 134 Å². The van der Waals surface area contributed by atoms with Gasteiger partial charge in [-0.25, -0.2) is 0 Å². The lowest BCUT2D eigenvalue weighted by Crippen LogP contribution is -2.30. The average molecular weight is 1010 g/mol. The minimum absolute atomic E-state index is 0.0910. The van der Waals surface area contributed by atoms with Gasteiger partial charge in [0.2, 0.25) is 0 Å². The summed E-state index contributed by atoms with van der Waals surface area (Å²) >= 11 is 0. The number of unbranched alkanes of at least 4 members (excludes halogenated alkanes) is 19. The highest BCUT2D eigenvalue weighted by Gasteiger charge is 2.19. The molecule has 0 heterocycles. The van der Waals surface area contributed by atoms with Crippen LogP contribution >= 0.6 is 0 Å². The third-order valence-corrected chi connectivity index (χ3v) is 12.1. The summed E-state index contributed by atoms with van der Waals surface area (Å²) in [5.41, 5.74) is 0. The molecule has 0 bridgehead atoms. The van der Waals surface area contributed by atoms with Crippen LogP contribution in [0.15, 0.2) is 134 Å². The van der Waals surface area contributed by atoms with Gasteiger partial charge in [-0.05, 0) is 122 Å². The van der Waals surface area contributed by atoms with E-state index < -0.39 is 6.10 Å². The molecule has 1 atom stereocenters. The largest absolute Gasteiger partial charge is 0.462 e. The lowest BCUT2D eigenvalue weighted by atomic mass is 10.1. The fourth-order valence-corrected chi connectivity index (χ4v) is 7.70. The molecule has 0 aliphatic carbocycles. The molecule has 0 radical (unpaired) electrons. The molecule has 0 saturated heterocycles. The van der Waals surface area contributed by atoms with Gasteiger partial charge >= 0.3 is 17.9 Å². The summed E-state index contributed by atoms with van der Waals surface area (Å²) in [5, 5.41) is 0. The topological polar surface area (TPSA) is 78.9 Å². The van der Waals surface area contributed by atoms with Crippen molar-refractivity contribution in [2.45, 2.75) is 258 Å². The van der Waals surface area contributed by atoms with E-state index in [4.69, 9.17) is 14.2 Å². The molecule has 0 saturated carbocycles.